The van der Waals surface area contributed by atoms with Crippen molar-refractivity contribution in [3.8, 4) is 16.9 Å². The zero-order valence-corrected chi connectivity index (χ0v) is 21.2. The molecule has 2 heteroatoms. The Morgan fingerprint density at radius 3 is 2.08 bits per heavy atom. The highest BCUT2D eigenvalue weighted by molar-refractivity contribution is 5.88. The molecule has 4 saturated carbocycles. The second-order valence-corrected chi connectivity index (χ2v) is 11.7. The number of hydrogen-bond donors (Lipinski definition) is 1. The Balaban J connectivity index is 1.19. The van der Waals surface area contributed by atoms with Crippen LogP contribution in [0.2, 0.25) is 0 Å². The first-order chi connectivity index (χ1) is 17.7. The first kappa shape index (κ1) is 22.0. The molecule has 0 aliphatic heterocycles. The van der Waals surface area contributed by atoms with Gasteiger partial charge in [-0.3, -0.25) is 0 Å². The normalized spacial score (nSPS) is 26.3. The van der Waals surface area contributed by atoms with Crippen molar-refractivity contribution < 1.29 is 4.74 Å². The van der Waals surface area contributed by atoms with Crippen LogP contribution in [0.25, 0.3) is 21.9 Å². The van der Waals surface area contributed by atoms with E-state index < -0.39 is 0 Å². The average molecular weight is 474 g/mol. The highest BCUT2D eigenvalue weighted by Gasteiger charge is 2.52. The maximum atomic E-state index is 5.96. The molecule has 0 heterocycles. The van der Waals surface area contributed by atoms with Crippen molar-refractivity contribution in [1.29, 1.82) is 0 Å². The highest BCUT2D eigenvalue weighted by Crippen LogP contribution is 2.62. The van der Waals surface area contributed by atoms with Gasteiger partial charge in [0.1, 0.15) is 5.75 Å². The lowest BCUT2D eigenvalue weighted by Crippen LogP contribution is -2.48. The highest BCUT2D eigenvalue weighted by atomic mass is 16.5. The second-order valence-electron chi connectivity index (χ2n) is 11.7. The molecule has 8 rings (SSSR count). The fourth-order valence-corrected chi connectivity index (χ4v) is 8.09. The van der Waals surface area contributed by atoms with Gasteiger partial charge < -0.3 is 10.1 Å². The molecule has 4 fully saturated rings. The number of fused-ring (bicyclic) bond motifs is 1. The lowest BCUT2D eigenvalue weighted by molar-refractivity contribution is -0.00613. The van der Waals surface area contributed by atoms with Crippen LogP contribution in [0, 0.1) is 17.8 Å². The van der Waals surface area contributed by atoms with E-state index in [4.69, 9.17) is 4.74 Å². The molecule has 0 spiro atoms. The van der Waals surface area contributed by atoms with Crippen molar-refractivity contribution in [2.24, 2.45) is 17.8 Å². The Hall–Kier alpha value is -3.26. The smallest absolute Gasteiger partial charge is 0.122 e. The molecule has 0 aromatic heterocycles. The van der Waals surface area contributed by atoms with Gasteiger partial charge in [0.15, 0.2) is 0 Å². The molecule has 36 heavy (non-hydrogen) atoms. The predicted octanol–water partition coefficient (Wildman–Crippen LogP) is 8.60. The average Bonchev–Trinajstić information content (AvgIpc) is 2.91. The zero-order chi connectivity index (χ0) is 24.1. The molecule has 4 aliphatic rings. The van der Waals surface area contributed by atoms with E-state index in [0.717, 1.165) is 35.7 Å². The summed E-state index contributed by atoms with van der Waals surface area (Å²) in [6.45, 7) is 0.828. The minimum atomic E-state index is 0.327. The number of ether oxygens (including phenoxy) is 1. The van der Waals surface area contributed by atoms with Gasteiger partial charge in [-0.25, -0.2) is 0 Å². The van der Waals surface area contributed by atoms with Crippen molar-refractivity contribution in [3.63, 3.8) is 0 Å². The number of hydrogen-bond acceptors (Lipinski definition) is 2. The number of benzene rings is 4. The Kier molecular flexibility index (Phi) is 5.31. The van der Waals surface area contributed by atoms with Crippen molar-refractivity contribution in [2.75, 3.05) is 12.4 Å². The summed E-state index contributed by atoms with van der Waals surface area (Å²) in [6, 6.07) is 31.1. The van der Waals surface area contributed by atoms with Crippen molar-refractivity contribution >= 4 is 16.5 Å². The summed E-state index contributed by atoms with van der Waals surface area (Å²) in [5, 5.41) is 6.11. The van der Waals surface area contributed by atoms with Gasteiger partial charge in [-0.2, -0.15) is 0 Å². The summed E-state index contributed by atoms with van der Waals surface area (Å²) in [5.41, 5.74) is 6.87. The molecule has 4 aliphatic carbocycles. The first-order valence-electron chi connectivity index (χ1n) is 13.7. The molecular formula is C34H35NO. The van der Waals surface area contributed by atoms with Crippen LogP contribution >= 0.6 is 0 Å². The molecule has 4 bridgehead atoms. The number of methoxy groups -OCH3 is 1. The van der Waals surface area contributed by atoms with Gasteiger partial charge in [0, 0.05) is 17.8 Å². The molecule has 0 radical (unpaired) electrons. The number of para-hydroxylation sites is 1. The summed E-state index contributed by atoms with van der Waals surface area (Å²) in [4.78, 5) is 0. The van der Waals surface area contributed by atoms with Gasteiger partial charge in [-0.05, 0) is 126 Å². The quantitative estimate of drug-likeness (QED) is 0.303. The Labute approximate surface area is 214 Å². The van der Waals surface area contributed by atoms with E-state index >= 15 is 0 Å². The SMILES string of the molecule is COc1ccc(-c2ccc3cc(CNc4ccccc4)ccc3c2)cc1C12CC3CC(CC(C3)C1)C2. The molecule has 0 amide bonds. The van der Waals surface area contributed by atoms with Crippen LogP contribution < -0.4 is 10.1 Å². The lowest BCUT2D eigenvalue weighted by Gasteiger charge is -2.57. The van der Waals surface area contributed by atoms with E-state index in [2.05, 4.69) is 84.2 Å². The Bertz CT molecular complexity index is 1370. The summed E-state index contributed by atoms with van der Waals surface area (Å²) in [7, 11) is 1.85. The number of rotatable bonds is 6. The molecule has 0 saturated heterocycles. The Morgan fingerprint density at radius 2 is 1.36 bits per heavy atom. The summed E-state index contributed by atoms with van der Waals surface area (Å²) in [5.74, 6) is 3.87. The van der Waals surface area contributed by atoms with Crippen molar-refractivity contribution in [1.82, 2.24) is 0 Å². The van der Waals surface area contributed by atoms with E-state index in [1.807, 2.05) is 13.2 Å². The molecule has 182 valence electrons. The van der Waals surface area contributed by atoms with E-state index in [1.54, 1.807) is 0 Å². The van der Waals surface area contributed by atoms with Crippen LogP contribution in [0.1, 0.15) is 49.7 Å². The number of nitrogens with one attached hydrogen (secondary N) is 1. The van der Waals surface area contributed by atoms with E-state index in [9.17, 15) is 0 Å². The van der Waals surface area contributed by atoms with Crippen LogP contribution in [0.15, 0.2) is 84.9 Å². The van der Waals surface area contributed by atoms with Crippen LogP contribution in [0.5, 0.6) is 5.75 Å². The van der Waals surface area contributed by atoms with Gasteiger partial charge >= 0.3 is 0 Å². The molecule has 2 nitrogen and oxygen atoms in total. The minimum absolute atomic E-state index is 0.327. The van der Waals surface area contributed by atoms with Gasteiger partial charge in [0.05, 0.1) is 7.11 Å². The fourth-order valence-electron chi connectivity index (χ4n) is 8.09. The van der Waals surface area contributed by atoms with Crippen molar-refractivity contribution in [2.45, 2.75) is 50.5 Å². The fraction of sp³-hybridized carbons (Fsp3) is 0.353. The monoisotopic (exact) mass is 473 g/mol. The minimum Gasteiger partial charge on any atom is -0.496 e. The molecule has 1 N–H and O–H groups in total. The van der Waals surface area contributed by atoms with Crippen LogP contribution in [-0.4, -0.2) is 7.11 Å². The summed E-state index contributed by atoms with van der Waals surface area (Å²) >= 11 is 0. The molecular weight excluding hydrogens is 438 g/mol. The Morgan fingerprint density at radius 1 is 0.722 bits per heavy atom. The zero-order valence-electron chi connectivity index (χ0n) is 21.2. The third-order valence-corrected chi connectivity index (χ3v) is 9.32. The van der Waals surface area contributed by atoms with Crippen molar-refractivity contribution in [3.05, 3.63) is 96.1 Å². The van der Waals surface area contributed by atoms with Gasteiger partial charge in [-0.1, -0.05) is 48.5 Å². The first-order valence-corrected chi connectivity index (χ1v) is 13.7. The van der Waals surface area contributed by atoms with Gasteiger partial charge in [0.2, 0.25) is 0 Å². The van der Waals surface area contributed by atoms with Crippen LogP contribution in [0.3, 0.4) is 0 Å². The topological polar surface area (TPSA) is 21.3 Å². The predicted molar refractivity (Wildman–Crippen MR) is 150 cm³/mol. The third-order valence-electron chi connectivity index (χ3n) is 9.32. The van der Waals surface area contributed by atoms with Gasteiger partial charge in [0.25, 0.3) is 0 Å². The molecule has 0 atom stereocenters. The molecule has 4 aromatic carbocycles. The van der Waals surface area contributed by atoms with E-state index in [0.29, 0.717) is 5.41 Å². The molecule has 4 aromatic rings. The van der Waals surface area contributed by atoms with Gasteiger partial charge in [-0.15, -0.1) is 0 Å². The standard InChI is InChI=1S/C34H35NO/c1-36-33-12-11-30(18-32(33)34-19-24-13-25(20-34)15-26(14-24)21-34)29-10-9-27-16-23(7-8-28(27)17-29)22-35-31-5-3-2-4-6-31/h2-12,16-18,24-26,35H,13-15,19-22H2,1H3. The maximum absolute atomic E-state index is 5.96. The number of anilines is 1. The lowest BCUT2D eigenvalue weighted by atomic mass is 9.48. The largest absolute Gasteiger partial charge is 0.496 e. The van der Waals surface area contributed by atoms with Crippen LogP contribution in [0.4, 0.5) is 5.69 Å². The second kappa shape index (κ2) is 8.69. The third kappa shape index (κ3) is 3.88. The van der Waals surface area contributed by atoms with E-state index in [-0.39, 0.29) is 0 Å². The van der Waals surface area contributed by atoms with Crippen LogP contribution in [-0.2, 0) is 12.0 Å². The molecule has 0 unspecified atom stereocenters. The maximum Gasteiger partial charge on any atom is 0.122 e. The summed E-state index contributed by atoms with van der Waals surface area (Å²) in [6.07, 6.45) is 8.47. The van der Waals surface area contributed by atoms with E-state index in [1.165, 1.54) is 71.6 Å². The summed E-state index contributed by atoms with van der Waals surface area (Å²) < 4.78 is 5.96.